The molecule has 1 aromatic carbocycles. The van der Waals surface area contributed by atoms with Crippen LogP contribution < -0.4 is 15.8 Å². The molecule has 1 unspecified atom stereocenters. The van der Waals surface area contributed by atoms with Crippen LogP contribution in [0, 0.1) is 0 Å². The van der Waals surface area contributed by atoms with E-state index >= 15 is 0 Å². The van der Waals surface area contributed by atoms with Gasteiger partial charge in [-0.2, -0.15) is 13.2 Å². The molecule has 0 amide bonds. The zero-order valence-electron chi connectivity index (χ0n) is 15.0. The Labute approximate surface area is 156 Å². The molecule has 4 N–H and O–H groups in total. The van der Waals surface area contributed by atoms with Crippen LogP contribution >= 0.6 is 0 Å². The molecule has 1 saturated heterocycles. The number of nitrogens with zero attached hydrogens (tertiary/aromatic N) is 2. The summed E-state index contributed by atoms with van der Waals surface area (Å²) in [6.45, 7) is 0.346. The first-order valence-electron chi connectivity index (χ1n) is 8.45. The minimum Gasteiger partial charge on any atom is -0.356 e. The summed E-state index contributed by atoms with van der Waals surface area (Å²) < 4.78 is 59.8. The number of guanidine groups is 1. The number of rotatable bonds is 6. The number of sulfonamides is 1. The molecule has 1 aliphatic rings. The van der Waals surface area contributed by atoms with Crippen molar-refractivity contribution >= 4 is 16.0 Å². The van der Waals surface area contributed by atoms with Crippen LogP contribution in [0.3, 0.4) is 0 Å². The summed E-state index contributed by atoms with van der Waals surface area (Å²) in [6.07, 6.45) is -2.95. The standard InChI is InChI=1S/C16H24F3N5O2S/c1-21-15(23-13-7-9-24(10-13)11-16(17,18)19)22-8-6-12-2-4-14(5-3-12)27(20,25)26/h2-5,13H,6-11H2,1H3,(H2,20,25,26)(H2,21,22,23). The number of primary sulfonamides is 1. The smallest absolute Gasteiger partial charge is 0.356 e. The quantitative estimate of drug-likeness (QED) is 0.476. The molecule has 1 aliphatic heterocycles. The van der Waals surface area contributed by atoms with Crippen LogP contribution in [-0.4, -0.2) is 64.7 Å². The zero-order chi connectivity index (χ0) is 20.1. The van der Waals surface area contributed by atoms with Gasteiger partial charge in [-0.15, -0.1) is 0 Å². The van der Waals surface area contributed by atoms with Gasteiger partial charge in [0.25, 0.3) is 0 Å². The van der Waals surface area contributed by atoms with E-state index in [0.717, 1.165) is 5.56 Å². The molecule has 7 nitrogen and oxygen atoms in total. The summed E-state index contributed by atoms with van der Waals surface area (Å²) in [4.78, 5) is 5.52. The Morgan fingerprint density at radius 3 is 2.56 bits per heavy atom. The molecule has 152 valence electrons. The summed E-state index contributed by atoms with van der Waals surface area (Å²) in [5, 5.41) is 11.3. The van der Waals surface area contributed by atoms with E-state index in [9.17, 15) is 21.6 Å². The van der Waals surface area contributed by atoms with Gasteiger partial charge in [-0.05, 0) is 30.5 Å². The Morgan fingerprint density at radius 2 is 2.00 bits per heavy atom. The molecule has 1 aromatic rings. The number of aliphatic imine (C=N–C) groups is 1. The summed E-state index contributed by atoms with van der Waals surface area (Å²) >= 11 is 0. The second kappa shape index (κ2) is 8.89. The summed E-state index contributed by atoms with van der Waals surface area (Å²) in [7, 11) is -2.11. The predicted octanol–water partition coefficient (Wildman–Crippen LogP) is 0.678. The largest absolute Gasteiger partial charge is 0.401 e. The number of nitrogens with two attached hydrogens (primary N) is 1. The zero-order valence-corrected chi connectivity index (χ0v) is 15.8. The van der Waals surface area contributed by atoms with Crippen LogP contribution in [0.4, 0.5) is 13.2 Å². The first-order valence-corrected chi connectivity index (χ1v) is 9.99. The van der Waals surface area contributed by atoms with Crippen LogP contribution in [-0.2, 0) is 16.4 Å². The normalized spacial score (nSPS) is 19.3. The fourth-order valence-electron chi connectivity index (χ4n) is 2.91. The number of likely N-dealkylation sites (tertiary alicyclic amines) is 1. The van der Waals surface area contributed by atoms with Crippen molar-refractivity contribution in [2.75, 3.05) is 33.2 Å². The number of halogens is 3. The lowest BCUT2D eigenvalue weighted by Crippen LogP contribution is -2.45. The van der Waals surface area contributed by atoms with E-state index in [-0.39, 0.29) is 10.9 Å². The summed E-state index contributed by atoms with van der Waals surface area (Å²) in [5.74, 6) is 0.523. The minimum atomic E-state index is -4.19. The van der Waals surface area contributed by atoms with Crippen molar-refractivity contribution in [1.82, 2.24) is 15.5 Å². The third-order valence-electron chi connectivity index (χ3n) is 4.20. The van der Waals surface area contributed by atoms with Gasteiger partial charge >= 0.3 is 6.18 Å². The van der Waals surface area contributed by atoms with Crippen LogP contribution in [0.2, 0.25) is 0 Å². The third-order valence-corrected chi connectivity index (χ3v) is 5.13. The van der Waals surface area contributed by atoms with Crippen molar-refractivity contribution in [2.45, 2.75) is 30.0 Å². The van der Waals surface area contributed by atoms with Crippen molar-refractivity contribution in [2.24, 2.45) is 10.1 Å². The molecule has 0 aromatic heterocycles. The maximum absolute atomic E-state index is 12.4. The van der Waals surface area contributed by atoms with Gasteiger partial charge in [-0.3, -0.25) is 9.89 Å². The summed E-state index contributed by atoms with van der Waals surface area (Å²) in [6, 6.07) is 6.18. The van der Waals surface area contributed by atoms with Gasteiger partial charge in [-0.1, -0.05) is 12.1 Å². The topological polar surface area (TPSA) is 99.8 Å². The molecule has 0 saturated carbocycles. The van der Waals surface area contributed by atoms with E-state index in [2.05, 4.69) is 15.6 Å². The monoisotopic (exact) mass is 407 g/mol. The Hall–Kier alpha value is -1.85. The molecule has 27 heavy (non-hydrogen) atoms. The maximum atomic E-state index is 12.4. The second-order valence-electron chi connectivity index (χ2n) is 6.42. The molecule has 0 bridgehead atoms. The molecule has 2 rings (SSSR count). The Morgan fingerprint density at radius 1 is 1.33 bits per heavy atom. The van der Waals surface area contributed by atoms with Crippen LogP contribution in [0.5, 0.6) is 0 Å². The van der Waals surface area contributed by atoms with Gasteiger partial charge in [0.1, 0.15) is 0 Å². The average Bonchev–Trinajstić information content (AvgIpc) is 2.98. The van der Waals surface area contributed by atoms with Crippen molar-refractivity contribution in [3.8, 4) is 0 Å². The van der Waals surface area contributed by atoms with Gasteiger partial charge in [0.05, 0.1) is 11.4 Å². The molecule has 0 radical (unpaired) electrons. The highest BCUT2D eigenvalue weighted by Gasteiger charge is 2.34. The number of hydrogen-bond donors (Lipinski definition) is 3. The van der Waals surface area contributed by atoms with Crippen LogP contribution in [0.25, 0.3) is 0 Å². The SMILES string of the molecule is CN=C(NCCc1ccc(S(N)(=O)=O)cc1)NC1CCN(CC(F)(F)F)C1. The number of benzene rings is 1. The second-order valence-corrected chi connectivity index (χ2v) is 7.98. The number of alkyl halides is 3. The van der Waals surface area contributed by atoms with E-state index < -0.39 is 22.7 Å². The Kier molecular flexibility index (Phi) is 7.06. The van der Waals surface area contributed by atoms with Gasteiger partial charge in [-0.25, -0.2) is 13.6 Å². The van der Waals surface area contributed by atoms with Crippen molar-refractivity contribution < 1.29 is 21.6 Å². The van der Waals surface area contributed by atoms with Crippen LogP contribution in [0.15, 0.2) is 34.2 Å². The van der Waals surface area contributed by atoms with Crippen molar-refractivity contribution in [3.05, 3.63) is 29.8 Å². The minimum absolute atomic E-state index is 0.0568. The molecule has 0 aliphatic carbocycles. The van der Waals surface area contributed by atoms with E-state index in [1.807, 2.05) is 0 Å². The van der Waals surface area contributed by atoms with E-state index in [0.29, 0.717) is 38.4 Å². The number of hydrogen-bond acceptors (Lipinski definition) is 4. The Bertz CT molecular complexity index is 750. The molecule has 1 fully saturated rings. The van der Waals surface area contributed by atoms with E-state index in [1.54, 1.807) is 19.2 Å². The fraction of sp³-hybridized carbons (Fsp3) is 0.562. The highest BCUT2D eigenvalue weighted by Crippen LogP contribution is 2.19. The Balaban J connectivity index is 1.76. The highest BCUT2D eigenvalue weighted by molar-refractivity contribution is 7.89. The van der Waals surface area contributed by atoms with Gasteiger partial charge in [0, 0.05) is 32.7 Å². The van der Waals surface area contributed by atoms with Crippen molar-refractivity contribution in [3.63, 3.8) is 0 Å². The van der Waals surface area contributed by atoms with Crippen LogP contribution in [0.1, 0.15) is 12.0 Å². The molecule has 0 spiro atoms. The fourth-order valence-corrected chi connectivity index (χ4v) is 3.42. The average molecular weight is 407 g/mol. The predicted molar refractivity (Wildman–Crippen MR) is 96.9 cm³/mol. The lowest BCUT2D eigenvalue weighted by atomic mass is 10.1. The number of nitrogens with one attached hydrogen (secondary N) is 2. The van der Waals surface area contributed by atoms with Gasteiger partial charge < -0.3 is 10.6 Å². The highest BCUT2D eigenvalue weighted by atomic mass is 32.2. The lowest BCUT2D eigenvalue weighted by Gasteiger charge is -2.19. The third kappa shape index (κ3) is 7.35. The molecular formula is C16H24F3N5O2S. The summed E-state index contributed by atoms with van der Waals surface area (Å²) in [5.41, 5.74) is 0.919. The maximum Gasteiger partial charge on any atom is 0.401 e. The first-order chi connectivity index (χ1) is 12.6. The molecule has 11 heteroatoms. The van der Waals surface area contributed by atoms with Gasteiger partial charge in [0.15, 0.2) is 5.96 Å². The van der Waals surface area contributed by atoms with Gasteiger partial charge in [0.2, 0.25) is 10.0 Å². The first kappa shape index (κ1) is 21.5. The lowest BCUT2D eigenvalue weighted by molar-refractivity contribution is -0.143. The molecule has 1 heterocycles. The molecular weight excluding hydrogens is 383 g/mol. The van der Waals surface area contributed by atoms with Crippen molar-refractivity contribution in [1.29, 1.82) is 0 Å². The van der Waals surface area contributed by atoms with E-state index in [4.69, 9.17) is 5.14 Å². The van der Waals surface area contributed by atoms with E-state index in [1.165, 1.54) is 17.0 Å². The molecule has 1 atom stereocenters.